The van der Waals surface area contributed by atoms with Crippen molar-refractivity contribution in [2.24, 2.45) is 0 Å². The summed E-state index contributed by atoms with van der Waals surface area (Å²) in [6, 6.07) is 14.7. The number of aromatic nitrogens is 1. The Hall–Kier alpha value is -3.50. The van der Waals surface area contributed by atoms with E-state index in [2.05, 4.69) is 9.47 Å². The standard InChI is InChI=1S/C29H36N4O5S/c1-21-17-25(38-4)18-22(2)29(21)39(35,36)33-16-15-31-10-6-9-26(31)27(33)20-28(34)32-13-11-30(12-14-32)23-7-5-8-24(19-23)37-3/h5-10,17-19,27H,11-16,20H2,1-4H3. The minimum atomic E-state index is -3.87. The molecule has 0 aliphatic carbocycles. The van der Waals surface area contributed by atoms with Crippen molar-refractivity contribution in [1.82, 2.24) is 13.8 Å². The number of benzene rings is 2. The van der Waals surface area contributed by atoms with E-state index in [1.165, 1.54) is 4.31 Å². The zero-order valence-electron chi connectivity index (χ0n) is 23.0. The first-order valence-electron chi connectivity index (χ1n) is 13.2. The number of carbonyl (C=O) groups excluding carboxylic acids is 1. The molecular weight excluding hydrogens is 516 g/mol. The fourth-order valence-corrected chi connectivity index (χ4v) is 7.81. The highest BCUT2D eigenvalue weighted by Crippen LogP contribution is 2.37. The number of hydrogen-bond donors (Lipinski definition) is 0. The molecule has 9 nitrogen and oxygen atoms in total. The predicted octanol–water partition coefficient (Wildman–Crippen LogP) is 3.61. The molecule has 0 saturated carbocycles. The number of sulfonamides is 1. The van der Waals surface area contributed by atoms with Crippen LogP contribution in [-0.4, -0.2) is 75.0 Å². The fraction of sp³-hybridized carbons (Fsp3) is 0.414. The van der Waals surface area contributed by atoms with Crippen LogP contribution in [0.3, 0.4) is 0 Å². The Balaban J connectivity index is 1.36. The molecule has 10 heteroatoms. The van der Waals surface area contributed by atoms with Gasteiger partial charge in [-0.2, -0.15) is 4.31 Å². The summed E-state index contributed by atoms with van der Waals surface area (Å²) in [5, 5.41) is 0. The summed E-state index contributed by atoms with van der Waals surface area (Å²) in [4.78, 5) is 18.0. The van der Waals surface area contributed by atoms with Gasteiger partial charge in [0.2, 0.25) is 15.9 Å². The van der Waals surface area contributed by atoms with Gasteiger partial charge in [-0.1, -0.05) is 6.07 Å². The van der Waals surface area contributed by atoms with Crippen molar-refractivity contribution in [2.45, 2.75) is 37.8 Å². The van der Waals surface area contributed by atoms with E-state index in [-0.39, 0.29) is 17.2 Å². The largest absolute Gasteiger partial charge is 0.497 e. The Morgan fingerprint density at radius 1 is 0.872 bits per heavy atom. The van der Waals surface area contributed by atoms with E-state index in [1.807, 2.05) is 47.5 Å². The minimum Gasteiger partial charge on any atom is -0.497 e. The number of carbonyl (C=O) groups is 1. The van der Waals surface area contributed by atoms with Gasteiger partial charge in [-0.3, -0.25) is 4.79 Å². The van der Waals surface area contributed by atoms with Gasteiger partial charge in [0, 0.05) is 69.3 Å². The van der Waals surface area contributed by atoms with Crippen molar-refractivity contribution in [3.05, 3.63) is 71.5 Å². The maximum atomic E-state index is 14.1. The smallest absolute Gasteiger partial charge is 0.244 e. The van der Waals surface area contributed by atoms with Gasteiger partial charge in [0.1, 0.15) is 11.5 Å². The molecule has 0 bridgehead atoms. The third kappa shape index (κ3) is 5.23. The second kappa shape index (κ2) is 10.9. The molecule has 0 spiro atoms. The Morgan fingerprint density at radius 2 is 1.56 bits per heavy atom. The molecule has 39 heavy (non-hydrogen) atoms. The summed E-state index contributed by atoms with van der Waals surface area (Å²) < 4.78 is 42.5. The lowest BCUT2D eigenvalue weighted by molar-refractivity contribution is -0.132. The SMILES string of the molecule is COc1cccc(N2CCN(C(=O)CC3c4cccn4CCN3S(=O)(=O)c3c(C)cc(OC)cc3C)CC2)c1. The molecule has 0 N–H and O–H groups in total. The van der Waals surface area contributed by atoms with Gasteiger partial charge in [-0.25, -0.2) is 8.42 Å². The van der Waals surface area contributed by atoms with E-state index in [0.717, 1.165) is 17.1 Å². The number of aryl methyl sites for hydroxylation is 2. The average molecular weight is 553 g/mol. The molecule has 1 saturated heterocycles. The molecule has 1 fully saturated rings. The lowest BCUT2D eigenvalue weighted by atomic mass is 10.1. The number of rotatable bonds is 7. The molecule has 3 aromatic rings. The molecule has 2 aliphatic rings. The van der Waals surface area contributed by atoms with Crippen LogP contribution in [0.25, 0.3) is 0 Å². The van der Waals surface area contributed by atoms with Crippen molar-refractivity contribution in [3.8, 4) is 11.5 Å². The molecule has 2 aromatic carbocycles. The van der Waals surface area contributed by atoms with E-state index in [4.69, 9.17) is 9.47 Å². The van der Waals surface area contributed by atoms with Crippen LogP contribution >= 0.6 is 0 Å². The van der Waals surface area contributed by atoms with Gasteiger partial charge in [0.25, 0.3) is 0 Å². The monoisotopic (exact) mass is 552 g/mol. The quantitative estimate of drug-likeness (QED) is 0.445. The van der Waals surface area contributed by atoms with E-state index in [0.29, 0.717) is 56.1 Å². The van der Waals surface area contributed by atoms with Crippen LogP contribution in [-0.2, 0) is 21.4 Å². The molecule has 208 valence electrons. The van der Waals surface area contributed by atoms with Gasteiger partial charge in [0.05, 0.1) is 25.2 Å². The van der Waals surface area contributed by atoms with Crippen LogP contribution in [0.1, 0.15) is 29.3 Å². The van der Waals surface area contributed by atoms with Crippen LogP contribution in [0.15, 0.2) is 59.6 Å². The molecule has 1 amide bonds. The molecule has 5 rings (SSSR count). The van der Waals surface area contributed by atoms with Gasteiger partial charge in [-0.15, -0.1) is 0 Å². The first kappa shape index (κ1) is 27.1. The lowest BCUT2D eigenvalue weighted by Gasteiger charge is -2.39. The Kier molecular flexibility index (Phi) is 7.59. The first-order valence-corrected chi connectivity index (χ1v) is 14.7. The maximum absolute atomic E-state index is 14.1. The lowest BCUT2D eigenvalue weighted by Crippen LogP contribution is -2.50. The third-order valence-electron chi connectivity index (χ3n) is 7.77. The number of methoxy groups -OCH3 is 2. The molecular formula is C29H36N4O5S. The van der Waals surface area contributed by atoms with Crippen LogP contribution in [0, 0.1) is 13.8 Å². The number of fused-ring (bicyclic) bond motifs is 1. The normalized spacial score (nSPS) is 18.1. The zero-order chi connectivity index (χ0) is 27.7. The maximum Gasteiger partial charge on any atom is 0.244 e. The van der Waals surface area contributed by atoms with Gasteiger partial charge in [-0.05, 0) is 61.4 Å². The molecule has 3 heterocycles. The number of ether oxygens (including phenoxy) is 2. The molecule has 2 aliphatic heterocycles. The van der Waals surface area contributed by atoms with Gasteiger partial charge in [0.15, 0.2) is 0 Å². The second-order valence-electron chi connectivity index (χ2n) is 10.1. The number of hydrogen-bond acceptors (Lipinski definition) is 6. The predicted molar refractivity (Wildman–Crippen MR) is 150 cm³/mol. The average Bonchev–Trinajstić information content (AvgIpc) is 3.42. The van der Waals surface area contributed by atoms with Crippen molar-refractivity contribution in [3.63, 3.8) is 0 Å². The highest BCUT2D eigenvalue weighted by atomic mass is 32.2. The minimum absolute atomic E-state index is 0.0386. The van der Waals surface area contributed by atoms with Crippen LogP contribution in [0.4, 0.5) is 5.69 Å². The first-order chi connectivity index (χ1) is 18.7. The fourth-order valence-electron chi connectivity index (χ4n) is 5.81. The van der Waals surface area contributed by atoms with Crippen LogP contribution in [0.2, 0.25) is 0 Å². The number of piperazine rings is 1. The van der Waals surface area contributed by atoms with E-state index in [9.17, 15) is 13.2 Å². The number of nitrogens with zero attached hydrogens (tertiary/aromatic N) is 4. The second-order valence-corrected chi connectivity index (χ2v) is 11.9. The van der Waals surface area contributed by atoms with Gasteiger partial charge < -0.3 is 23.8 Å². The zero-order valence-corrected chi connectivity index (χ0v) is 23.8. The highest BCUT2D eigenvalue weighted by Gasteiger charge is 2.40. The third-order valence-corrected chi connectivity index (χ3v) is 9.98. The molecule has 1 atom stereocenters. The van der Waals surface area contributed by atoms with Crippen LogP contribution in [0.5, 0.6) is 11.5 Å². The van der Waals surface area contributed by atoms with Crippen LogP contribution < -0.4 is 14.4 Å². The van der Waals surface area contributed by atoms with E-state index >= 15 is 0 Å². The van der Waals surface area contributed by atoms with Crippen molar-refractivity contribution in [1.29, 1.82) is 0 Å². The van der Waals surface area contributed by atoms with E-state index in [1.54, 1.807) is 40.2 Å². The summed E-state index contributed by atoms with van der Waals surface area (Å²) >= 11 is 0. The summed E-state index contributed by atoms with van der Waals surface area (Å²) in [6.45, 7) is 6.98. The molecule has 1 aromatic heterocycles. The Morgan fingerprint density at radius 3 is 2.23 bits per heavy atom. The molecule has 1 unspecified atom stereocenters. The Labute approximate surface area is 230 Å². The van der Waals surface area contributed by atoms with Gasteiger partial charge >= 0.3 is 0 Å². The summed E-state index contributed by atoms with van der Waals surface area (Å²) in [5.74, 6) is 1.38. The molecule has 0 radical (unpaired) electrons. The number of amides is 1. The van der Waals surface area contributed by atoms with Crippen molar-refractivity contribution >= 4 is 21.6 Å². The summed E-state index contributed by atoms with van der Waals surface area (Å²) in [6.07, 6.45) is 2.05. The van der Waals surface area contributed by atoms with E-state index < -0.39 is 16.1 Å². The number of anilines is 1. The topological polar surface area (TPSA) is 84.3 Å². The van der Waals surface area contributed by atoms with Crippen molar-refractivity contribution in [2.75, 3.05) is 51.8 Å². The highest BCUT2D eigenvalue weighted by molar-refractivity contribution is 7.89. The summed E-state index contributed by atoms with van der Waals surface area (Å²) in [7, 11) is -0.653. The Bertz CT molecular complexity index is 1440. The van der Waals surface area contributed by atoms with Crippen molar-refractivity contribution < 1.29 is 22.7 Å². The summed E-state index contributed by atoms with van der Waals surface area (Å²) in [5.41, 5.74) is 3.17.